The van der Waals surface area contributed by atoms with Gasteiger partial charge in [0.15, 0.2) is 5.79 Å². The predicted molar refractivity (Wildman–Crippen MR) is 163 cm³/mol. The molecule has 7 nitrogen and oxygen atoms in total. The standard InChI is InChI=1S/C35H57N3O4/c1-22-8-12-35(41-21-22)23(2)32-29(42-35)19-28-26-7-6-24-18-25(36-31(40)10-13-38-16-14-37(5)15-17-38)9-11-33(24,3)27(26)20-30(39)34(28,32)4/h22-29,32H,6-21H2,1-5H3,(H,36,40)/t22-,23+,24+,25+,26?,27?,28?,29?,32?,33+,34-,35-/m1/s1. The average Bonchev–Trinajstić information content (AvgIpc) is 3.41. The number of hydrogen-bond acceptors (Lipinski definition) is 6. The van der Waals surface area contributed by atoms with Crippen LogP contribution in [0.1, 0.15) is 91.9 Å². The minimum atomic E-state index is -0.468. The van der Waals surface area contributed by atoms with E-state index in [4.69, 9.17) is 9.47 Å². The molecule has 0 aromatic rings. The summed E-state index contributed by atoms with van der Waals surface area (Å²) in [5.41, 5.74) is -0.0751. The van der Waals surface area contributed by atoms with Crippen LogP contribution in [0.15, 0.2) is 0 Å². The third-order valence-electron chi connectivity index (χ3n) is 14.4. The van der Waals surface area contributed by atoms with Crippen LogP contribution in [0.4, 0.5) is 0 Å². The van der Waals surface area contributed by atoms with Crippen LogP contribution in [-0.4, -0.2) is 85.8 Å². The van der Waals surface area contributed by atoms with Crippen LogP contribution in [0.2, 0.25) is 0 Å². The Balaban J connectivity index is 0.991. The number of fused-ring (bicyclic) bond motifs is 7. The van der Waals surface area contributed by atoms with Gasteiger partial charge in [0.25, 0.3) is 0 Å². The van der Waals surface area contributed by atoms with Crippen LogP contribution in [0.25, 0.3) is 0 Å². The number of amides is 1. The third-order valence-corrected chi connectivity index (χ3v) is 14.4. The molecule has 7 aliphatic rings. The van der Waals surface area contributed by atoms with Gasteiger partial charge >= 0.3 is 0 Å². The molecular formula is C35H57N3O4. The van der Waals surface area contributed by atoms with Gasteiger partial charge in [0.1, 0.15) is 5.78 Å². The number of piperazine rings is 1. The molecule has 0 aromatic carbocycles. The molecule has 3 saturated heterocycles. The van der Waals surface area contributed by atoms with Crippen LogP contribution in [0, 0.1) is 52.3 Å². The summed E-state index contributed by atoms with van der Waals surface area (Å²) < 4.78 is 13.3. The van der Waals surface area contributed by atoms with Crippen LogP contribution in [-0.2, 0) is 19.1 Å². The largest absolute Gasteiger partial charge is 0.353 e. The molecule has 3 heterocycles. The first-order valence-electron chi connectivity index (χ1n) is 17.6. The molecule has 4 saturated carbocycles. The number of Topliss-reactive ketones (excluding diaryl/α,β-unsaturated/α-hetero) is 1. The number of nitrogens with one attached hydrogen (secondary N) is 1. The van der Waals surface area contributed by atoms with Gasteiger partial charge in [-0.3, -0.25) is 9.59 Å². The van der Waals surface area contributed by atoms with Crippen molar-refractivity contribution >= 4 is 11.7 Å². The lowest BCUT2D eigenvalue weighted by molar-refractivity contribution is -0.272. The Morgan fingerprint density at radius 1 is 1.00 bits per heavy atom. The molecule has 3 aliphatic heterocycles. The Kier molecular flexibility index (Phi) is 7.64. The summed E-state index contributed by atoms with van der Waals surface area (Å²) in [6.45, 7) is 15.4. The molecule has 1 amide bonds. The minimum absolute atomic E-state index is 0.161. The van der Waals surface area contributed by atoms with Crippen molar-refractivity contribution in [1.82, 2.24) is 15.1 Å². The maximum Gasteiger partial charge on any atom is 0.221 e. The summed E-state index contributed by atoms with van der Waals surface area (Å²) in [5.74, 6) is 3.55. The normalized spacial score (nSPS) is 51.1. The molecule has 12 atom stereocenters. The highest BCUT2D eigenvalue weighted by molar-refractivity contribution is 5.87. The van der Waals surface area contributed by atoms with E-state index < -0.39 is 5.79 Å². The Hall–Kier alpha value is -1.02. The molecule has 4 aliphatic carbocycles. The van der Waals surface area contributed by atoms with Gasteiger partial charge in [0.05, 0.1) is 12.7 Å². The van der Waals surface area contributed by atoms with E-state index in [1.165, 1.54) is 12.8 Å². The van der Waals surface area contributed by atoms with Crippen LogP contribution in [0.5, 0.6) is 0 Å². The SMILES string of the molecule is C[C@@H]1CC[C@@]2(OC1)OC1CC3C4CC[C@H]5C[C@@H](NC(=O)CCN6CCN(C)CC6)CC[C@]5(C)C4CC(=O)[C@]3(C)C1[C@@H]2C. The fourth-order valence-electron chi connectivity index (χ4n) is 11.7. The maximum atomic E-state index is 14.4. The highest BCUT2D eigenvalue weighted by Crippen LogP contribution is 2.70. The van der Waals surface area contributed by atoms with Gasteiger partial charge in [0, 0.05) is 75.3 Å². The van der Waals surface area contributed by atoms with Crippen molar-refractivity contribution in [3.63, 3.8) is 0 Å². The van der Waals surface area contributed by atoms with Gasteiger partial charge in [-0.05, 0) is 87.0 Å². The van der Waals surface area contributed by atoms with Crippen molar-refractivity contribution in [2.24, 2.45) is 52.3 Å². The second-order valence-corrected chi connectivity index (χ2v) is 16.5. The van der Waals surface area contributed by atoms with Crippen molar-refractivity contribution in [2.75, 3.05) is 46.4 Å². The quantitative estimate of drug-likeness (QED) is 0.516. The summed E-state index contributed by atoms with van der Waals surface area (Å²) in [4.78, 5) is 32.1. The molecule has 236 valence electrons. The molecule has 42 heavy (non-hydrogen) atoms. The van der Waals surface area contributed by atoms with E-state index in [0.29, 0.717) is 47.8 Å². The molecule has 1 spiro atoms. The first kappa shape index (κ1) is 29.7. The second-order valence-electron chi connectivity index (χ2n) is 16.5. The van der Waals surface area contributed by atoms with Crippen molar-refractivity contribution in [3.8, 4) is 0 Å². The summed E-state index contributed by atoms with van der Waals surface area (Å²) >= 11 is 0. The van der Waals surface area contributed by atoms with Crippen LogP contribution < -0.4 is 5.32 Å². The number of nitrogens with zero attached hydrogens (tertiary/aromatic N) is 2. The van der Waals surface area contributed by atoms with Gasteiger partial charge in [-0.15, -0.1) is 0 Å². The van der Waals surface area contributed by atoms with E-state index in [0.717, 1.165) is 84.3 Å². The fraction of sp³-hybridized carbons (Fsp3) is 0.943. The highest BCUT2D eigenvalue weighted by atomic mass is 16.7. The van der Waals surface area contributed by atoms with Crippen LogP contribution in [0.3, 0.4) is 0 Å². The van der Waals surface area contributed by atoms with Gasteiger partial charge in [-0.25, -0.2) is 0 Å². The summed E-state index contributed by atoms with van der Waals surface area (Å²) in [7, 11) is 2.17. The zero-order valence-electron chi connectivity index (χ0n) is 27.0. The van der Waals surface area contributed by atoms with Gasteiger partial charge < -0.3 is 24.6 Å². The molecule has 7 heteroatoms. The zero-order valence-corrected chi connectivity index (χ0v) is 27.0. The highest BCUT2D eigenvalue weighted by Gasteiger charge is 2.71. The Bertz CT molecular complexity index is 1050. The van der Waals surface area contributed by atoms with Crippen LogP contribution >= 0.6 is 0 Å². The maximum absolute atomic E-state index is 14.4. The first-order chi connectivity index (χ1) is 20.0. The summed E-state index contributed by atoms with van der Waals surface area (Å²) in [6.07, 6.45) is 10.4. The van der Waals surface area contributed by atoms with Crippen molar-refractivity contribution in [3.05, 3.63) is 0 Å². The van der Waals surface area contributed by atoms with Gasteiger partial charge in [-0.1, -0.05) is 27.7 Å². The number of ether oxygens (including phenoxy) is 2. The molecule has 7 rings (SSSR count). The first-order valence-corrected chi connectivity index (χ1v) is 17.6. The van der Waals surface area contributed by atoms with E-state index in [9.17, 15) is 9.59 Å². The summed E-state index contributed by atoms with van der Waals surface area (Å²) in [5, 5.41) is 3.43. The number of likely N-dealkylation sites (N-methyl/N-ethyl adjacent to an activating group) is 1. The predicted octanol–water partition coefficient (Wildman–Crippen LogP) is 4.73. The molecule has 0 radical (unpaired) electrons. The molecule has 7 fully saturated rings. The molecular weight excluding hydrogens is 526 g/mol. The van der Waals surface area contributed by atoms with E-state index >= 15 is 0 Å². The zero-order chi connectivity index (χ0) is 29.4. The number of carbonyl (C=O) groups is 2. The van der Waals surface area contributed by atoms with Gasteiger partial charge in [0.2, 0.25) is 5.91 Å². The summed E-state index contributed by atoms with van der Waals surface area (Å²) in [6, 6.07) is 0.290. The van der Waals surface area contributed by atoms with Crippen molar-refractivity contribution in [1.29, 1.82) is 0 Å². The number of carbonyl (C=O) groups excluding carboxylic acids is 2. The Labute approximate surface area is 254 Å². The number of hydrogen-bond donors (Lipinski definition) is 1. The molecule has 0 bridgehead atoms. The lowest BCUT2D eigenvalue weighted by Crippen LogP contribution is -2.59. The van der Waals surface area contributed by atoms with Crippen molar-refractivity contribution in [2.45, 2.75) is 110 Å². The second kappa shape index (κ2) is 10.8. The number of rotatable bonds is 4. The van der Waals surface area contributed by atoms with E-state index in [2.05, 4.69) is 49.9 Å². The third kappa shape index (κ3) is 4.65. The molecule has 1 N–H and O–H groups in total. The number of ketones is 1. The lowest BCUT2D eigenvalue weighted by Gasteiger charge is -2.60. The van der Waals surface area contributed by atoms with E-state index in [-0.39, 0.29) is 34.7 Å². The minimum Gasteiger partial charge on any atom is -0.353 e. The Morgan fingerprint density at radius 3 is 2.52 bits per heavy atom. The van der Waals surface area contributed by atoms with Gasteiger partial charge in [-0.2, -0.15) is 0 Å². The topological polar surface area (TPSA) is 71.1 Å². The molecule has 5 unspecified atom stereocenters. The Morgan fingerprint density at radius 2 is 1.79 bits per heavy atom. The van der Waals surface area contributed by atoms with Crippen molar-refractivity contribution < 1.29 is 19.1 Å². The average molecular weight is 584 g/mol. The van der Waals surface area contributed by atoms with E-state index in [1.54, 1.807) is 0 Å². The smallest absolute Gasteiger partial charge is 0.221 e. The monoisotopic (exact) mass is 583 g/mol. The van der Waals surface area contributed by atoms with E-state index in [1.807, 2.05) is 0 Å². The molecule has 0 aromatic heterocycles. The lowest BCUT2D eigenvalue weighted by atomic mass is 9.44. The fourth-order valence-corrected chi connectivity index (χ4v) is 11.7.